The number of carbonyl (C=O) groups excluding carboxylic acids is 1. The molecule has 0 heterocycles. The molecule has 0 aromatic heterocycles. The van der Waals surface area contributed by atoms with E-state index in [2.05, 4.69) is 42.5 Å². The molecule has 0 bridgehead atoms. The van der Waals surface area contributed by atoms with Gasteiger partial charge in [0.1, 0.15) is 0 Å². The molecule has 104 valence electrons. The molecular formula is C15H14Br2N2O. The van der Waals surface area contributed by atoms with Crippen LogP contribution >= 0.6 is 31.9 Å². The van der Waals surface area contributed by atoms with Crippen molar-refractivity contribution in [2.45, 2.75) is 6.54 Å². The molecular weight excluding hydrogens is 384 g/mol. The Labute approximate surface area is 135 Å². The van der Waals surface area contributed by atoms with E-state index < -0.39 is 0 Å². The Morgan fingerprint density at radius 3 is 2.30 bits per heavy atom. The smallest absolute Gasteiger partial charge is 0.238 e. The summed E-state index contributed by atoms with van der Waals surface area (Å²) in [7, 11) is 0. The highest BCUT2D eigenvalue weighted by atomic mass is 79.9. The number of nitrogens with one attached hydrogen (secondary N) is 2. The molecule has 2 aromatic rings. The molecule has 0 radical (unpaired) electrons. The first kappa shape index (κ1) is 15.2. The lowest BCUT2D eigenvalue weighted by Crippen LogP contribution is -2.27. The second-order valence-electron chi connectivity index (χ2n) is 4.22. The van der Waals surface area contributed by atoms with Gasteiger partial charge in [-0.1, -0.05) is 46.3 Å². The van der Waals surface area contributed by atoms with Crippen LogP contribution in [0.5, 0.6) is 0 Å². The summed E-state index contributed by atoms with van der Waals surface area (Å²) in [4.78, 5) is 11.8. The lowest BCUT2D eigenvalue weighted by molar-refractivity contribution is -0.115. The van der Waals surface area contributed by atoms with Crippen LogP contribution < -0.4 is 10.6 Å². The summed E-state index contributed by atoms with van der Waals surface area (Å²) in [6.07, 6.45) is 0. The molecule has 1 amide bonds. The van der Waals surface area contributed by atoms with E-state index in [1.54, 1.807) is 0 Å². The van der Waals surface area contributed by atoms with Crippen molar-refractivity contribution in [1.82, 2.24) is 5.32 Å². The van der Waals surface area contributed by atoms with E-state index in [0.29, 0.717) is 6.54 Å². The Hall–Kier alpha value is -1.17. The molecule has 5 heteroatoms. The van der Waals surface area contributed by atoms with E-state index >= 15 is 0 Å². The number of hydrogen-bond acceptors (Lipinski definition) is 2. The van der Waals surface area contributed by atoms with E-state index in [4.69, 9.17) is 0 Å². The molecule has 2 aromatic carbocycles. The average Bonchev–Trinajstić information content (AvgIpc) is 2.43. The van der Waals surface area contributed by atoms with Crippen LogP contribution in [-0.2, 0) is 11.3 Å². The van der Waals surface area contributed by atoms with Gasteiger partial charge in [0, 0.05) is 15.5 Å². The number of hydrogen-bond donors (Lipinski definition) is 2. The SMILES string of the molecule is O=C(CNCc1ccccc1Br)Nc1ccccc1Br. The fourth-order valence-electron chi connectivity index (χ4n) is 1.71. The van der Waals surface area contributed by atoms with Gasteiger partial charge in [0.15, 0.2) is 0 Å². The zero-order chi connectivity index (χ0) is 14.4. The van der Waals surface area contributed by atoms with Gasteiger partial charge in [0.2, 0.25) is 5.91 Å². The van der Waals surface area contributed by atoms with Crippen LogP contribution in [0.4, 0.5) is 5.69 Å². The summed E-state index contributed by atoms with van der Waals surface area (Å²) in [5.41, 5.74) is 1.90. The minimum absolute atomic E-state index is 0.0658. The highest BCUT2D eigenvalue weighted by molar-refractivity contribution is 9.10. The molecule has 0 saturated heterocycles. The van der Waals surface area contributed by atoms with Gasteiger partial charge in [-0.15, -0.1) is 0 Å². The number of halogens is 2. The zero-order valence-electron chi connectivity index (χ0n) is 10.7. The predicted molar refractivity (Wildman–Crippen MR) is 88.6 cm³/mol. The summed E-state index contributed by atoms with van der Waals surface area (Å²) >= 11 is 6.88. The number of amides is 1. The van der Waals surface area contributed by atoms with Crippen LogP contribution in [0.25, 0.3) is 0 Å². The molecule has 0 aliphatic rings. The normalized spacial score (nSPS) is 10.3. The Morgan fingerprint density at radius 2 is 1.60 bits per heavy atom. The summed E-state index contributed by atoms with van der Waals surface area (Å²) in [5.74, 6) is -0.0658. The second kappa shape index (κ2) is 7.57. The van der Waals surface area contributed by atoms with E-state index in [1.807, 2.05) is 48.5 Å². The number of para-hydroxylation sites is 1. The number of anilines is 1. The van der Waals surface area contributed by atoms with Gasteiger partial charge in [0.05, 0.1) is 12.2 Å². The predicted octanol–water partition coefficient (Wildman–Crippen LogP) is 3.94. The van der Waals surface area contributed by atoms with Crippen molar-refractivity contribution < 1.29 is 4.79 Å². The standard InChI is InChI=1S/C15H14Br2N2O/c16-12-6-2-1-5-11(12)9-18-10-15(20)19-14-8-4-3-7-13(14)17/h1-8,18H,9-10H2,(H,19,20). The molecule has 0 saturated carbocycles. The van der Waals surface area contributed by atoms with Gasteiger partial charge in [-0.2, -0.15) is 0 Å². The van der Waals surface area contributed by atoms with Gasteiger partial charge in [-0.3, -0.25) is 4.79 Å². The third-order valence-electron chi connectivity index (χ3n) is 2.71. The number of rotatable bonds is 5. The van der Waals surface area contributed by atoms with Crippen LogP contribution in [0, 0.1) is 0 Å². The molecule has 3 nitrogen and oxygen atoms in total. The number of carbonyl (C=O) groups is 1. The summed E-state index contributed by atoms with van der Waals surface area (Å²) in [6.45, 7) is 0.910. The van der Waals surface area contributed by atoms with Gasteiger partial charge >= 0.3 is 0 Å². The molecule has 0 spiro atoms. The van der Waals surface area contributed by atoms with Crippen molar-refractivity contribution in [2.75, 3.05) is 11.9 Å². The van der Waals surface area contributed by atoms with E-state index in [0.717, 1.165) is 20.2 Å². The first-order valence-electron chi connectivity index (χ1n) is 6.15. The summed E-state index contributed by atoms with van der Waals surface area (Å²) < 4.78 is 1.91. The van der Waals surface area contributed by atoms with Crippen LogP contribution in [0.15, 0.2) is 57.5 Å². The van der Waals surface area contributed by atoms with Crippen molar-refractivity contribution in [1.29, 1.82) is 0 Å². The fraction of sp³-hybridized carbons (Fsp3) is 0.133. The lowest BCUT2D eigenvalue weighted by atomic mass is 10.2. The van der Waals surface area contributed by atoms with Crippen LogP contribution in [0.2, 0.25) is 0 Å². The Bertz CT molecular complexity index is 602. The van der Waals surface area contributed by atoms with Crippen LogP contribution in [0.1, 0.15) is 5.56 Å². The minimum atomic E-state index is -0.0658. The molecule has 0 unspecified atom stereocenters. The highest BCUT2D eigenvalue weighted by Crippen LogP contribution is 2.20. The number of benzene rings is 2. The molecule has 0 aliphatic carbocycles. The Morgan fingerprint density at radius 1 is 0.950 bits per heavy atom. The molecule has 2 N–H and O–H groups in total. The monoisotopic (exact) mass is 396 g/mol. The largest absolute Gasteiger partial charge is 0.324 e. The second-order valence-corrected chi connectivity index (χ2v) is 5.93. The molecule has 2 rings (SSSR count). The topological polar surface area (TPSA) is 41.1 Å². The van der Waals surface area contributed by atoms with Gasteiger partial charge < -0.3 is 10.6 Å². The maximum atomic E-state index is 11.8. The van der Waals surface area contributed by atoms with E-state index in [-0.39, 0.29) is 12.5 Å². The van der Waals surface area contributed by atoms with Crippen LogP contribution in [0.3, 0.4) is 0 Å². The first-order valence-corrected chi connectivity index (χ1v) is 7.74. The van der Waals surface area contributed by atoms with Gasteiger partial charge in [0.25, 0.3) is 0 Å². The van der Waals surface area contributed by atoms with Crippen molar-refractivity contribution in [3.63, 3.8) is 0 Å². The van der Waals surface area contributed by atoms with Crippen LogP contribution in [-0.4, -0.2) is 12.5 Å². The third-order valence-corrected chi connectivity index (χ3v) is 4.17. The van der Waals surface area contributed by atoms with Gasteiger partial charge in [-0.05, 0) is 39.7 Å². The Balaban J connectivity index is 1.82. The maximum absolute atomic E-state index is 11.8. The zero-order valence-corrected chi connectivity index (χ0v) is 13.9. The molecule has 0 aliphatic heterocycles. The highest BCUT2D eigenvalue weighted by Gasteiger charge is 2.05. The lowest BCUT2D eigenvalue weighted by Gasteiger charge is -2.09. The van der Waals surface area contributed by atoms with Crippen molar-refractivity contribution in [3.05, 3.63) is 63.0 Å². The van der Waals surface area contributed by atoms with E-state index in [9.17, 15) is 4.79 Å². The first-order chi connectivity index (χ1) is 9.66. The fourth-order valence-corrected chi connectivity index (χ4v) is 2.52. The van der Waals surface area contributed by atoms with Gasteiger partial charge in [-0.25, -0.2) is 0 Å². The van der Waals surface area contributed by atoms with Crippen molar-refractivity contribution in [2.24, 2.45) is 0 Å². The quantitative estimate of drug-likeness (QED) is 0.802. The Kier molecular flexibility index (Phi) is 5.76. The molecule has 0 fully saturated rings. The minimum Gasteiger partial charge on any atom is -0.324 e. The maximum Gasteiger partial charge on any atom is 0.238 e. The molecule has 0 atom stereocenters. The molecule has 20 heavy (non-hydrogen) atoms. The van der Waals surface area contributed by atoms with Crippen molar-refractivity contribution in [3.8, 4) is 0 Å². The van der Waals surface area contributed by atoms with E-state index in [1.165, 1.54) is 0 Å². The van der Waals surface area contributed by atoms with Crippen molar-refractivity contribution >= 4 is 43.5 Å². The summed E-state index contributed by atoms with van der Waals surface area (Å²) in [5, 5.41) is 5.98. The summed E-state index contributed by atoms with van der Waals surface area (Å²) in [6, 6.07) is 15.5. The average molecular weight is 398 g/mol. The third kappa shape index (κ3) is 4.44.